The molecule has 5 aliphatic rings. The normalized spacial score (nSPS) is 31.8. The van der Waals surface area contributed by atoms with E-state index in [1.54, 1.807) is 5.57 Å². The van der Waals surface area contributed by atoms with Gasteiger partial charge in [0, 0.05) is 18.9 Å². The Balaban J connectivity index is 1.35. The zero-order valence-corrected chi connectivity index (χ0v) is 25.4. The van der Waals surface area contributed by atoms with Gasteiger partial charge in [-0.15, -0.1) is 0 Å². The van der Waals surface area contributed by atoms with Crippen LogP contribution in [0.25, 0.3) is 0 Å². The monoisotopic (exact) mass is 543 g/mol. The zero-order chi connectivity index (χ0) is 28.3. The number of fused-ring (bicyclic) bond motifs is 1. The Morgan fingerprint density at radius 3 is 2.60 bits per heavy atom. The van der Waals surface area contributed by atoms with Crippen LogP contribution >= 0.6 is 0 Å². The molecule has 0 aromatic rings. The Morgan fingerprint density at radius 1 is 1.07 bits per heavy atom. The van der Waals surface area contributed by atoms with Crippen LogP contribution in [0.2, 0.25) is 0 Å². The minimum Gasteiger partial charge on any atom is -0.335 e. The third kappa shape index (κ3) is 7.13. The molecule has 0 amide bonds. The highest BCUT2D eigenvalue weighted by molar-refractivity contribution is 5.96. The molecule has 216 valence electrons. The van der Waals surface area contributed by atoms with E-state index in [0.29, 0.717) is 12.3 Å². The maximum Gasteiger partial charge on any atom is 0.209 e. The lowest BCUT2D eigenvalue weighted by molar-refractivity contribution is -0.224. The number of carbonyl (C=O) groups excluding carboxylic acids is 1. The maximum atomic E-state index is 12.8. The first kappa shape index (κ1) is 29.2. The first-order valence-electron chi connectivity index (χ1n) is 15.6. The molecule has 40 heavy (non-hydrogen) atoms. The average molecular weight is 544 g/mol. The molecule has 3 heterocycles. The van der Waals surface area contributed by atoms with Gasteiger partial charge in [-0.25, -0.2) is 0 Å². The quantitative estimate of drug-likeness (QED) is 0.305. The summed E-state index contributed by atoms with van der Waals surface area (Å²) in [5.41, 5.74) is 7.67. The molecule has 0 unspecified atom stereocenters. The Labute approximate surface area is 242 Å². The van der Waals surface area contributed by atoms with Crippen LogP contribution in [0, 0.1) is 11.8 Å². The van der Waals surface area contributed by atoms with E-state index in [2.05, 4.69) is 81.2 Å². The molecule has 4 nitrogen and oxygen atoms in total. The lowest BCUT2D eigenvalue weighted by atomic mass is 9.78. The molecule has 4 atom stereocenters. The van der Waals surface area contributed by atoms with Gasteiger partial charge in [0.25, 0.3) is 0 Å². The third-order valence-electron chi connectivity index (χ3n) is 9.20. The van der Waals surface area contributed by atoms with Crippen molar-refractivity contribution in [2.75, 3.05) is 19.6 Å². The van der Waals surface area contributed by atoms with Crippen molar-refractivity contribution in [1.82, 2.24) is 4.90 Å². The number of nitrogens with zero attached hydrogens (tertiary/aromatic N) is 1. The Morgan fingerprint density at radius 2 is 1.88 bits per heavy atom. The summed E-state index contributed by atoms with van der Waals surface area (Å²) in [4.78, 5) is 15.4. The summed E-state index contributed by atoms with van der Waals surface area (Å²) in [6.07, 6.45) is 26.3. The van der Waals surface area contributed by atoms with Gasteiger partial charge >= 0.3 is 0 Å². The van der Waals surface area contributed by atoms with Gasteiger partial charge < -0.3 is 9.47 Å². The van der Waals surface area contributed by atoms with Crippen LogP contribution in [-0.4, -0.2) is 48.3 Å². The molecule has 1 fully saturated rings. The fraction of sp³-hybridized carbons (Fsp3) is 0.583. The SMILES string of the molecule is CC(C)=CCC/C(C)=C/[C@@H]1CC(C)=C[C@]2(C=C(CN3CCC(C4=CCCC=C4)CC3)[C@H]3CC(=O)C(C)=C[C@H]3O2)O1. The highest BCUT2D eigenvalue weighted by Gasteiger charge is 2.46. The molecule has 1 saturated heterocycles. The number of hydrogen-bond acceptors (Lipinski definition) is 4. The number of rotatable bonds is 7. The Hall–Kier alpha value is -2.27. The second-order valence-electron chi connectivity index (χ2n) is 13.0. The molecule has 0 aromatic heterocycles. The second kappa shape index (κ2) is 12.7. The molecule has 1 spiro atoms. The largest absolute Gasteiger partial charge is 0.335 e. The fourth-order valence-corrected chi connectivity index (χ4v) is 7.04. The number of hydrogen-bond donors (Lipinski definition) is 0. The van der Waals surface area contributed by atoms with Gasteiger partial charge in [-0.1, -0.05) is 47.1 Å². The van der Waals surface area contributed by atoms with Gasteiger partial charge in [0.2, 0.25) is 5.79 Å². The summed E-state index contributed by atoms with van der Waals surface area (Å²) >= 11 is 0. The third-order valence-corrected chi connectivity index (χ3v) is 9.20. The molecule has 0 bridgehead atoms. The first-order chi connectivity index (χ1) is 19.2. The van der Waals surface area contributed by atoms with Crippen molar-refractivity contribution in [3.05, 3.63) is 82.0 Å². The van der Waals surface area contributed by atoms with Gasteiger partial charge in [-0.3, -0.25) is 9.69 Å². The van der Waals surface area contributed by atoms with E-state index >= 15 is 0 Å². The van der Waals surface area contributed by atoms with E-state index in [0.717, 1.165) is 44.5 Å². The molecule has 0 aromatic carbocycles. The topological polar surface area (TPSA) is 38.8 Å². The van der Waals surface area contributed by atoms with Crippen LogP contribution in [0.1, 0.15) is 86.0 Å². The van der Waals surface area contributed by atoms with E-state index in [9.17, 15) is 4.79 Å². The standard InChI is InChI=1S/C36H49NO3/c1-25(2)10-9-11-26(3)18-32-19-27(4)22-36(39-32)23-31(33-21-34(38)28(5)20-35(33)40-36)24-37-16-14-30(15-17-37)29-12-7-6-8-13-29/h7,10,12-13,18,20,22-23,30,32-33,35H,6,8-9,11,14-17,19,21,24H2,1-5H3/b26-18+/t32-,33-,35-,36+/m1/s1. The van der Waals surface area contributed by atoms with Gasteiger partial charge in [-0.2, -0.15) is 0 Å². The van der Waals surface area contributed by atoms with E-state index < -0.39 is 5.79 Å². The van der Waals surface area contributed by atoms with E-state index in [1.165, 1.54) is 48.0 Å². The lowest BCUT2D eigenvalue weighted by Gasteiger charge is -2.46. The zero-order valence-electron chi connectivity index (χ0n) is 25.4. The summed E-state index contributed by atoms with van der Waals surface area (Å²) < 4.78 is 13.6. The summed E-state index contributed by atoms with van der Waals surface area (Å²) in [5.74, 6) is 0.123. The van der Waals surface area contributed by atoms with Crippen LogP contribution in [-0.2, 0) is 14.3 Å². The minimum absolute atomic E-state index is 0.0198. The van der Waals surface area contributed by atoms with Crippen molar-refractivity contribution >= 4 is 5.78 Å². The molecular weight excluding hydrogens is 494 g/mol. The van der Waals surface area contributed by atoms with E-state index in [4.69, 9.17) is 9.47 Å². The highest BCUT2D eigenvalue weighted by Crippen LogP contribution is 2.43. The Kier molecular flexibility index (Phi) is 9.29. The van der Waals surface area contributed by atoms with Crippen molar-refractivity contribution in [3.63, 3.8) is 0 Å². The number of ether oxygens (including phenoxy) is 2. The average Bonchev–Trinajstić information content (AvgIpc) is 2.90. The van der Waals surface area contributed by atoms with Gasteiger partial charge in [0.1, 0.15) is 0 Å². The fourth-order valence-electron chi connectivity index (χ4n) is 7.04. The van der Waals surface area contributed by atoms with Crippen LogP contribution < -0.4 is 0 Å². The molecule has 0 radical (unpaired) electrons. The molecule has 4 heteroatoms. The summed E-state index contributed by atoms with van der Waals surface area (Å²) in [6.45, 7) is 13.7. The molecule has 0 N–H and O–H groups in total. The van der Waals surface area contributed by atoms with Gasteiger partial charge in [0.15, 0.2) is 5.78 Å². The first-order valence-corrected chi connectivity index (χ1v) is 15.6. The van der Waals surface area contributed by atoms with Crippen LogP contribution in [0.15, 0.2) is 82.0 Å². The second-order valence-corrected chi connectivity index (χ2v) is 13.0. The van der Waals surface area contributed by atoms with Crippen molar-refractivity contribution in [2.45, 2.75) is 104 Å². The van der Waals surface area contributed by atoms with Crippen LogP contribution in [0.4, 0.5) is 0 Å². The summed E-state index contributed by atoms with van der Waals surface area (Å²) in [7, 11) is 0. The van der Waals surface area contributed by atoms with Crippen molar-refractivity contribution in [3.8, 4) is 0 Å². The summed E-state index contributed by atoms with van der Waals surface area (Å²) in [6, 6.07) is 0. The number of ketones is 1. The smallest absolute Gasteiger partial charge is 0.209 e. The number of likely N-dealkylation sites (tertiary alicyclic amines) is 1. The molecule has 5 rings (SSSR count). The number of carbonyl (C=O) groups is 1. The minimum atomic E-state index is -0.882. The summed E-state index contributed by atoms with van der Waals surface area (Å²) in [5, 5.41) is 0. The van der Waals surface area contributed by atoms with E-state index in [1.807, 2.05) is 6.92 Å². The number of piperidine rings is 1. The van der Waals surface area contributed by atoms with Crippen molar-refractivity contribution in [2.24, 2.45) is 11.8 Å². The molecule has 3 aliphatic heterocycles. The van der Waals surface area contributed by atoms with Crippen LogP contribution in [0.3, 0.4) is 0 Å². The predicted octanol–water partition coefficient (Wildman–Crippen LogP) is 7.96. The number of Topliss-reactive ketones (excluding diaryl/α,β-unsaturated/α-hetero) is 1. The van der Waals surface area contributed by atoms with Crippen molar-refractivity contribution < 1.29 is 14.3 Å². The highest BCUT2D eigenvalue weighted by atomic mass is 16.7. The lowest BCUT2D eigenvalue weighted by Crippen LogP contribution is -2.50. The number of allylic oxidation sites excluding steroid dienone is 8. The van der Waals surface area contributed by atoms with Crippen molar-refractivity contribution in [1.29, 1.82) is 0 Å². The van der Waals surface area contributed by atoms with Gasteiger partial charge in [0.05, 0.1) is 12.2 Å². The maximum absolute atomic E-state index is 12.8. The van der Waals surface area contributed by atoms with Crippen LogP contribution in [0.5, 0.6) is 0 Å². The molecule has 2 aliphatic carbocycles. The van der Waals surface area contributed by atoms with Gasteiger partial charge in [-0.05, 0) is 134 Å². The molecule has 0 saturated carbocycles. The Bertz CT molecular complexity index is 1180. The van der Waals surface area contributed by atoms with E-state index in [-0.39, 0.29) is 23.9 Å². The predicted molar refractivity (Wildman–Crippen MR) is 164 cm³/mol. The molecular formula is C36H49NO3.